The fourth-order valence-corrected chi connectivity index (χ4v) is 0.543. The Balaban J connectivity index is 4.49. The van der Waals surface area contributed by atoms with Gasteiger partial charge in [0, 0.05) is 0 Å². The first kappa shape index (κ1) is 10.3. The van der Waals surface area contributed by atoms with Crippen molar-refractivity contribution in [2.75, 3.05) is 0 Å². The largest absolute Gasteiger partial charge is 0.465 e. The molecule has 0 heterocycles. The van der Waals surface area contributed by atoms with Crippen molar-refractivity contribution in [1.82, 2.24) is 5.32 Å². The summed E-state index contributed by atoms with van der Waals surface area (Å²) >= 11 is 0. The highest BCUT2D eigenvalue weighted by Crippen LogP contribution is 2.01. The lowest BCUT2D eigenvalue weighted by Crippen LogP contribution is -2.49. The van der Waals surface area contributed by atoms with Gasteiger partial charge >= 0.3 is 12.3 Å². The van der Waals surface area contributed by atoms with Crippen molar-refractivity contribution in [1.29, 1.82) is 0 Å². The van der Waals surface area contributed by atoms with E-state index in [0.29, 0.717) is 6.21 Å². The minimum Gasteiger partial charge on any atom is -0.465 e. The van der Waals surface area contributed by atoms with E-state index in [1.807, 2.05) is 5.32 Å². The van der Waals surface area contributed by atoms with Gasteiger partial charge < -0.3 is 16.0 Å². The second-order valence-corrected chi connectivity index (χ2v) is 2.66. The van der Waals surface area contributed by atoms with E-state index in [9.17, 15) is 9.59 Å². The van der Waals surface area contributed by atoms with E-state index < -0.39 is 17.4 Å². The van der Waals surface area contributed by atoms with E-state index in [4.69, 9.17) is 10.6 Å². The average molecular weight is 171 g/mol. The maximum absolute atomic E-state index is 11.0. The summed E-state index contributed by atoms with van der Waals surface area (Å²) in [5, 5.41) is 10.3. The van der Waals surface area contributed by atoms with Crippen molar-refractivity contribution in [2.45, 2.75) is 19.4 Å². The van der Waals surface area contributed by atoms with Crippen molar-refractivity contribution >= 4 is 18.1 Å². The van der Waals surface area contributed by atoms with Crippen LogP contribution in [0.5, 0.6) is 0 Å². The fourth-order valence-electron chi connectivity index (χ4n) is 0.543. The summed E-state index contributed by atoms with van der Waals surface area (Å²) in [7, 11) is 0. The Hall–Kier alpha value is -1.68. The standard InChI is InChI=1S/C6H9N3O3/c1-6(2,9-5(11)12)4(10)3-8-7/h3,9H,1-2H3,(H,11,12). The molecule has 0 aromatic heterocycles. The van der Waals surface area contributed by atoms with Crippen molar-refractivity contribution in [3.05, 3.63) is 5.53 Å². The van der Waals surface area contributed by atoms with Gasteiger partial charge in [-0.3, -0.25) is 4.79 Å². The normalized spacial score (nSPS) is 9.83. The lowest BCUT2D eigenvalue weighted by Gasteiger charge is -2.18. The minimum absolute atomic E-state index is 0.618. The first-order valence-corrected chi connectivity index (χ1v) is 3.13. The van der Waals surface area contributed by atoms with Crippen molar-refractivity contribution in [2.24, 2.45) is 0 Å². The zero-order chi connectivity index (χ0) is 9.78. The molecule has 12 heavy (non-hydrogen) atoms. The van der Waals surface area contributed by atoms with Gasteiger partial charge in [0.2, 0.25) is 0 Å². The van der Waals surface area contributed by atoms with Crippen LogP contribution in [0, 0.1) is 0 Å². The minimum atomic E-state index is -1.31. The first-order valence-electron chi connectivity index (χ1n) is 3.13. The molecule has 0 aliphatic rings. The van der Waals surface area contributed by atoms with Crippen LogP contribution in [0.2, 0.25) is 0 Å². The number of nitrogens with one attached hydrogen (secondary N) is 1. The van der Waals surface area contributed by atoms with Crippen LogP contribution >= 0.6 is 0 Å². The number of ketones is 1. The van der Waals surface area contributed by atoms with Gasteiger partial charge in [-0.05, 0) is 13.8 Å². The smallest absolute Gasteiger partial charge is 0.405 e. The predicted molar refractivity (Wildman–Crippen MR) is 39.9 cm³/mol. The lowest BCUT2D eigenvalue weighted by molar-refractivity contribution is -0.120. The molecule has 0 aromatic carbocycles. The van der Waals surface area contributed by atoms with Crippen molar-refractivity contribution in [3.63, 3.8) is 0 Å². The van der Waals surface area contributed by atoms with Gasteiger partial charge in [0.05, 0.1) is 0 Å². The Morgan fingerprint density at radius 3 is 2.42 bits per heavy atom. The molecule has 2 N–H and O–H groups in total. The molecule has 6 heteroatoms. The maximum Gasteiger partial charge on any atom is 0.405 e. The van der Waals surface area contributed by atoms with Crippen LogP contribution in [0.4, 0.5) is 4.79 Å². The number of carboxylic acid groups (broad SMARTS) is 1. The van der Waals surface area contributed by atoms with Gasteiger partial charge in [0.25, 0.3) is 5.78 Å². The SMILES string of the molecule is CC(C)(NC(=O)O)C(=O)C=[N+]=[N-]. The highest BCUT2D eigenvalue weighted by atomic mass is 16.4. The van der Waals surface area contributed by atoms with Crippen LogP contribution in [0.3, 0.4) is 0 Å². The summed E-state index contributed by atoms with van der Waals surface area (Å²) in [5.74, 6) is -0.618. The van der Waals surface area contributed by atoms with Crippen LogP contribution in [0.25, 0.3) is 5.53 Å². The zero-order valence-electron chi connectivity index (χ0n) is 6.74. The summed E-state index contributed by atoms with van der Waals surface area (Å²) in [5.41, 5.74) is 6.74. The van der Waals surface area contributed by atoms with Gasteiger partial charge in [-0.1, -0.05) is 0 Å². The Kier molecular flexibility index (Phi) is 3.13. The molecule has 0 rings (SSSR count). The number of carbonyl (C=O) groups is 2. The number of hydrogen-bond donors (Lipinski definition) is 2. The highest BCUT2D eigenvalue weighted by Gasteiger charge is 2.30. The lowest BCUT2D eigenvalue weighted by atomic mass is 10.0. The molecule has 0 radical (unpaired) electrons. The van der Waals surface area contributed by atoms with Crippen LogP contribution in [-0.4, -0.2) is 33.5 Å². The highest BCUT2D eigenvalue weighted by molar-refractivity contribution is 6.29. The van der Waals surface area contributed by atoms with Gasteiger partial charge in [-0.25, -0.2) is 4.79 Å². The number of rotatable bonds is 3. The van der Waals surface area contributed by atoms with Crippen molar-refractivity contribution in [3.8, 4) is 0 Å². The molecule has 0 bridgehead atoms. The summed E-state index contributed by atoms with van der Waals surface area (Å²) in [6.45, 7) is 2.73. The summed E-state index contributed by atoms with van der Waals surface area (Å²) < 4.78 is 0. The van der Waals surface area contributed by atoms with Crippen LogP contribution in [-0.2, 0) is 4.79 Å². The molecule has 1 amide bonds. The molecule has 66 valence electrons. The van der Waals surface area contributed by atoms with E-state index >= 15 is 0 Å². The molecule has 0 aliphatic carbocycles. The summed E-state index contributed by atoms with van der Waals surface area (Å²) in [6, 6.07) is 0. The van der Waals surface area contributed by atoms with Gasteiger partial charge in [-0.15, -0.1) is 0 Å². The number of nitrogens with zero attached hydrogens (tertiary/aromatic N) is 2. The maximum atomic E-state index is 11.0. The topological polar surface area (TPSA) is 103 Å². The van der Waals surface area contributed by atoms with E-state index in [0.717, 1.165) is 0 Å². The van der Waals surface area contributed by atoms with Gasteiger partial charge in [-0.2, -0.15) is 4.79 Å². The fraction of sp³-hybridized carbons (Fsp3) is 0.500. The quantitative estimate of drug-likeness (QED) is 0.352. The second kappa shape index (κ2) is 3.64. The molecule has 0 aliphatic heterocycles. The Morgan fingerprint density at radius 1 is 1.58 bits per heavy atom. The average Bonchev–Trinajstić information content (AvgIpc) is 1.85. The molecule has 0 spiro atoms. The molecule has 0 unspecified atom stereocenters. The van der Waals surface area contributed by atoms with E-state index in [-0.39, 0.29) is 0 Å². The van der Waals surface area contributed by atoms with Crippen molar-refractivity contribution < 1.29 is 19.5 Å². The van der Waals surface area contributed by atoms with Gasteiger partial charge in [0.15, 0.2) is 0 Å². The third-order valence-electron chi connectivity index (χ3n) is 1.21. The predicted octanol–water partition coefficient (Wildman–Crippen LogP) is -0.0977. The first-order chi connectivity index (χ1) is 5.40. The molecule has 6 nitrogen and oxygen atoms in total. The molecule has 0 saturated heterocycles. The number of carbonyl (C=O) groups excluding carboxylic acids is 1. The Labute approximate surface area is 68.8 Å². The number of amides is 1. The van der Waals surface area contributed by atoms with Crippen LogP contribution in [0.1, 0.15) is 13.8 Å². The molecule has 0 saturated carbocycles. The molecule has 0 aromatic rings. The third-order valence-corrected chi connectivity index (χ3v) is 1.21. The van der Waals surface area contributed by atoms with Gasteiger partial charge in [0.1, 0.15) is 5.54 Å². The van der Waals surface area contributed by atoms with Crippen LogP contribution < -0.4 is 5.32 Å². The molecule has 0 fully saturated rings. The number of Topliss-reactive ketones (excluding diaryl/α,β-unsaturated/α-hetero) is 1. The molecular formula is C6H9N3O3. The number of hydrogen-bond acceptors (Lipinski definition) is 2. The Morgan fingerprint density at radius 2 is 2.08 bits per heavy atom. The van der Waals surface area contributed by atoms with Crippen LogP contribution in [0.15, 0.2) is 0 Å². The zero-order valence-corrected chi connectivity index (χ0v) is 6.74. The van der Waals surface area contributed by atoms with E-state index in [2.05, 4.69) is 4.79 Å². The monoisotopic (exact) mass is 171 g/mol. The summed E-state index contributed by atoms with van der Waals surface area (Å²) in [4.78, 5) is 23.6. The Bertz CT molecular complexity index is 253. The van der Waals surface area contributed by atoms with E-state index in [1.165, 1.54) is 13.8 Å². The van der Waals surface area contributed by atoms with E-state index in [1.54, 1.807) is 0 Å². The third kappa shape index (κ3) is 2.94. The molecular weight excluding hydrogens is 162 g/mol. The molecule has 0 atom stereocenters. The summed E-state index contributed by atoms with van der Waals surface area (Å²) in [6.07, 6.45) is -0.657. The second-order valence-electron chi connectivity index (χ2n) is 2.66.